The van der Waals surface area contributed by atoms with Crippen LogP contribution in [0, 0.1) is 0 Å². The largest absolute Gasteiger partial charge is 0.327 e. The van der Waals surface area contributed by atoms with Crippen molar-refractivity contribution in [3.63, 3.8) is 0 Å². The maximum absolute atomic E-state index is 11.9. The lowest BCUT2D eigenvalue weighted by Gasteiger charge is -2.29. The zero-order valence-corrected chi connectivity index (χ0v) is 8.54. The maximum atomic E-state index is 11.9. The molecule has 0 aromatic rings. The Bertz CT molecular complexity index is 284. The van der Waals surface area contributed by atoms with E-state index < -0.39 is 5.54 Å². The standard InChI is InChI=1S/C9H15N3O2/c1-3-12-8(14)11(2)7(13)9(12)4-5-10-6-9/h10H,3-6H2,1-2H3. The number of likely N-dealkylation sites (N-methyl/N-ethyl adjacent to an activating group) is 2. The number of rotatable bonds is 1. The van der Waals surface area contributed by atoms with E-state index in [4.69, 9.17) is 0 Å². The lowest BCUT2D eigenvalue weighted by atomic mass is 9.97. The van der Waals surface area contributed by atoms with Crippen molar-refractivity contribution < 1.29 is 9.59 Å². The number of carbonyl (C=O) groups is 2. The van der Waals surface area contributed by atoms with E-state index in [2.05, 4.69) is 5.32 Å². The Kier molecular flexibility index (Phi) is 1.99. The van der Waals surface area contributed by atoms with Crippen LogP contribution in [0.1, 0.15) is 13.3 Å². The van der Waals surface area contributed by atoms with Crippen molar-refractivity contribution in [2.24, 2.45) is 0 Å². The number of nitrogens with one attached hydrogen (secondary N) is 1. The van der Waals surface area contributed by atoms with Gasteiger partial charge in [-0.15, -0.1) is 0 Å². The number of amides is 3. The second-order valence-electron chi connectivity index (χ2n) is 3.85. The Hall–Kier alpha value is -1.10. The number of carbonyl (C=O) groups excluding carboxylic acids is 2. The molecular weight excluding hydrogens is 182 g/mol. The van der Waals surface area contributed by atoms with Gasteiger partial charge in [0.05, 0.1) is 0 Å². The molecule has 0 bridgehead atoms. The van der Waals surface area contributed by atoms with Crippen molar-refractivity contribution in [1.29, 1.82) is 0 Å². The normalized spacial score (nSPS) is 32.4. The van der Waals surface area contributed by atoms with Crippen molar-refractivity contribution in [2.75, 3.05) is 26.7 Å². The van der Waals surface area contributed by atoms with Crippen LogP contribution in [-0.4, -0.2) is 54.0 Å². The first-order chi connectivity index (χ1) is 6.63. The predicted molar refractivity (Wildman–Crippen MR) is 50.8 cm³/mol. The molecule has 2 fully saturated rings. The van der Waals surface area contributed by atoms with Gasteiger partial charge in [0.25, 0.3) is 5.91 Å². The van der Waals surface area contributed by atoms with Crippen molar-refractivity contribution >= 4 is 11.9 Å². The summed E-state index contributed by atoms with van der Waals surface area (Å²) in [6.45, 7) is 3.90. The highest BCUT2D eigenvalue weighted by Crippen LogP contribution is 2.31. The van der Waals surface area contributed by atoms with Gasteiger partial charge >= 0.3 is 6.03 Å². The SMILES string of the molecule is CCN1C(=O)N(C)C(=O)C12CCNC2. The average molecular weight is 197 g/mol. The van der Waals surface area contributed by atoms with E-state index in [0.29, 0.717) is 13.1 Å². The highest BCUT2D eigenvalue weighted by Gasteiger charge is 2.56. The summed E-state index contributed by atoms with van der Waals surface area (Å²) in [5.41, 5.74) is -0.583. The Balaban J connectivity index is 2.38. The fourth-order valence-corrected chi connectivity index (χ4v) is 2.41. The molecule has 0 radical (unpaired) electrons. The van der Waals surface area contributed by atoms with Crippen molar-refractivity contribution in [2.45, 2.75) is 18.9 Å². The van der Waals surface area contributed by atoms with Gasteiger partial charge in [-0.3, -0.25) is 9.69 Å². The van der Waals surface area contributed by atoms with E-state index >= 15 is 0 Å². The predicted octanol–water partition coefficient (Wildman–Crippen LogP) is -0.368. The summed E-state index contributed by atoms with van der Waals surface area (Å²) >= 11 is 0. The van der Waals surface area contributed by atoms with Crippen molar-refractivity contribution in [3.8, 4) is 0 Å². The first kappa shape index (κ1) is 9.45. The summed E-state index contributed by atoms with van der Waals surface area (Å²) in [4.78, 5) is 26.6. The number of urea groups is 1. The first-order valence-corrected chi connectivity index (χ1v) is 4.94. The Morgan fingerprint density at radius 2 is 2.21 bits per heavy atom. The van der Waals surface area contributed by atoms with Gasteiger partial charge in [0.1, 0.15) is 5.54 Å². The third-order valence-electron chi connectivity index (χ3n) is 3.19. The summed E-state index contributed by atoms with van der Waals surface area (Å²) in [5, 5.41) is 3.15. The fraction of sp³-hybridized carbons (Fsp3) is 0.778. The minimum absolute atomic E-state index is 0.0608. The van der Waals surface area contributed by atoms with Crippen LogP contribution in [0.25, 0.3) is 0 Å². The summed E-state index contributed by atoms with van der Waals surface area (Å²) in [7, 11) is 1.56. The van der Waals surface area contributed by atoms with Crippen LogP contribution >= 0.6 is 0 Å². The lowest BCUT2D eigenvalue weighted by Crippen LogP contribution is -2.51. The summed E-state index contributed by atoms with van der Waals surface area (Å²) < 4.78 is 0. The maximum Gasteiger partial charge on any atom is 0.327 e. The Morgan fingerprint density at radius 3 is 2.71 bits per heavy atom. The number of imide groups is 1. The lowest BCUT2D eigenvalue weighted by molar-refractivity contribution is -0.131. The van der Waals surface area contributed by atoms with Gasteiger partial charge in [-0.05, 0) is 19.9 Å². The molecule has 5 nitrogen and oxygen atoms in total. The molecule has 1 N–H and O–H groups in total. The molecule has 0 aliphatic carbocycles. The van der Waals surface area contributed by atoms with Crippen LogP contribution in [0.5, 0.6) is 0 Å². The highest BCUT2D eigenvalue weighted by molar-refractivity contribution is 6.07. The quantitative estimate of drug-likeness (QED) is 0.584. The van der Waals surface area contributed by atoms with Gasteiger partial charge in [0.15, 0.2) is 0 Å². The molecule has 2 aliphatic rings. The number of hydrogen-bond donors (Lipinski definition) is 1. The third kappa shape index (κ3) is 0.930. The zero-order chi connectivity index (χ0) is 10.3. The molecule has 1 spiro atoms. The average Bonchev–Trinajstić information content (AvgIpc) is 2.71. The molecule has 0 aromatic heterocycles. The minimum atomic E-state index is -0.583. The Morgan fingerprint density at radius 1 is 1.50 bits per heavy atom. The molecule has 2 heterocycles. The van der Waals surface area contributed by atoms with E-state index in [0.717, 1.165) is 13.0 Å². The molecule has 2 saturated heterocycles. The summed E-state index contributed by atoms with van der Waals surface area (Å²) in [6, 6.07) is -0.166. The van der Waals surface area contributed by atoms with Gasteiger partial charge in [-0.2, -0.15) is 0 Å². The number of hydrogen-bond acceptors (Lipinski definition) is 3. The summed E-state index contributed by atoms with van der Waals surface area (Å²) in [6.07, 6.45) is 0.732. The third-order valence-corrected chi connectivity index (χ3v) is 3.19. The van der Waals surface area contributed by atoms with E-state index in [1.807, 2.05) is 6.92 Å². The molecule has 5 heteroatoms. The molecule has 0 saturated carbocycles. The first-order valence-electron chi connectivity index (χ1n) is 4.94. The van der Waals surface area contributed by atoms with Gasteiger partial charge in [0, 0.05) is 20.1 Å². The van der Waals surface area contributed by atoms with E-state index in [9.17, 15) is 9.59 Å². The molecule has 3 amide bonds. The van der Waals surface area contributed by atoms with Crippen LogP contribution < -0.4 is 5.32 Å². The molecule has 2 aliphatic heterocycles. The molecule has 1 atom stereocenters. The second-order valence-corrected chi connectivity index (χ2v) is 3.85. The number of nitrogens with zero attached hydrogens (tertiary/aromatic N) is 2. The van der Waals surface area contributed by atoms with Gasteiger partial charge < -0.3 is 10.2 Å². The topological polar surface area (TPSA) is 52.7 Å². The Labute approximate surface area is 83.0 Å². The van der Waals surface area contributed by atoms with E-state index in [-0.39, 0.29) is 11.9 Å². The minimum Gasteiger partial charge on any atom is -0.314 e. The second kappa shape index (κ2) is 2.95. The highest BCUT2D eigenvalue weighted by atomic mass is 16.2. The zero-order valence-electron chi connectivity index (χ0n) is 8.54. The van der Waals surface area contributed by atoms with Crippen molar-refractivity contribution in [3.05, 3.63) is 0 Å². The van der Waals surface area contributed by atoms with Crippen LogP contribution in [0.2, 0.25) is 0 Å². The van der Waals surface area contributed by atoms with Gasteiger partial charge in [-0.1, -0.05) is 0 Å². The van der Waals surface area contributed by atoms with E-state index in [1.165, 1.54) is 4.90 Å². The van der Waals surface area contributed by atoms with Crippen LogP contribution in [0.4, 0.5) is 4.79 Å². The summed E-state index contributed by atoms with van der Waals surface area (Å²) in [5.74, 6) is -0.0608. The fourth-order valence-electron chi connectivity index (χ4n) is 2.41. The van der Waals surface area contributed by atoms with Crippen LogP contribution in [0.15, 0.2) is 0 Å². The molecule has 14 heavy (non-hydrogen) atoms. The molecule has 1 unspecified atom stereocenters. The van der Waals surface area contributed by atoms with E-state index in [1.54, 1.807) is 11.9 Å². The van der Waals surface area contributed by atoms with Gasteiger partial charge in [0.2, 0.25) is 0 Å². The van der Waals surface area contributed by atoms with Crippen LogP contribution in [-0.2, 0) is 4.79 Å². The molecule has 0 aromatic carbocycles. The van der Waals surface area contributed by atoms with Crippen LogP contribution in [0.3, 0.4) is 0 Å². The monoisotopic (exact) mass is 197 g/mol. The smallest absolute Gasteiger partial charge is 0.314 e. The van der Waals surface area contributed by atoms with Gasteiger partial charge in [-0.25, -0.2) is 4.79 Å². The van der Waals surface area contributed by atoms with Crippen molar-refractivity contribution in [1.82, 2.24) is 15.1 Å². The molecule has 78 valence electrons. The molecular formula is C9H15N3O2. The molecule has 2 rings (SSSR count).